The molecule has 1 atom stereocenters. The highest BCUT2D eigenvalue weighted by Crippen LogP contribution is 2.18. The number of rotatable bonds is 5. The summed E-state index contributed by atoms with van der Waals surface area (Å²) in [5, 5.41) is 11.7. The summed E-state index contributed by atoms with van der Waals surface area (Å²) in [7, 11) is 0. The molecule has 1 fully saturated rings. The van der Waals surface area contributed by atoms with Crippen molar-refractivity contribution >= 4 is 17.3 Å². The highest BCUT2D eigenvalue weighted by atomic mass is 19.1. The Morgan fingerprint density at radius 3 is 3.10 bits per heavy atom. The summed E-state index contributed by atoms with van der Waals surface area (Å²) < 4.78 is 13.5. The lowest BCUT2D eigenvalue weighted by Crippen LogP contribution is -2.38. The van der Waals surface area contributed by atoms with Crippen molar-refractivity contribution in [3.8, 4) is 0 Å². The number of anilines is 2. The Balaban J connectivity index is 1.80. The molecule has 1 aliphatic heterocycles. The zero-order valence-electron chi connectivity index (χ0n) is 12.0. The van der Waals surface area contributed by atoms with Gasteiger partial charge in [-0.3, -0.25) is 4.79 Å². The number of hydrogen-bond donors (Lipinski definition) is 3. The number of hydrogen-bond acceptors (Lipinski definition) is 4. The first kappa shape index (κ1) is 15.7. The second kappa shape index (κ2) is 7.38. The van der Waals surface area contributed by atoms with Crippen LogP contribution >= 0.6 is 0 Å². The second-order valence-corrected chi connectivity index (χ2v) is 5.53. The number of likely N-dealkylation sites (tertiary alicyclic amines) is 1. The number of nitrogens with one attached hydrogen (secondary N) is 1. The van der Waals surface area contributed by atoms with Crippen LogP contribution in [0.1, 0.15) is 19.3 Å². The molecule has 2 rings (SSSR count). The van der Waals surface area contributed by atoms with E-state index >= 15 is 0 Å². The number of piperidine rings is 1. The van der Waals surface area contributed by atoms with Crippen molar-refractivity contribution in [2.45, 2.75) is 19.3 Å². The van der Waals surface area contributed by atoms with Crippen LogP contribution in [-0.2, 0) is 4.79 Å². The standard InChI is InChI=1S/C15H22FN3O2/c16-13-4-3-12(17)8-14(13)18-15(21)5-7-19-6-1-2-11(9-19)10-20/h3-4,8,11,20H,1-2,5-7,9-10,17H2,(H,18,21). The van der Waals surface area contributed by atoms with Gasteiger partial charge in [0, 0.05) is 31.8 Å². The van der Waals surface area contributed by atoms with E-state index in [0.29, 0.717) is 24.6 Å². The molecule has 1 aromatic rings. The lowest BCUT2D eigenvalue weighted by Gasteiger charge is -2.31. The number of aliphatic hydroxyl groups excluding tert-OH is 1. The number of benzene rings is 1. The molecule has 0 spiro atoms. The van der Waals surface area contributed by atoms with E-state index in [2.05, 4.69) is 10.2 Å². The minimum Gasteiger partial charge on any atom is -0.399 e. The Morgan fingerprint density at radius 2 is 2.33 bits per heavy atom. The van der Waals surface area contributed by atoms with Crippen LogP contribution in [0.2, 0.25) is 0 Å². The molecular formula is C15H22FN3O2. The molecule has 1 aliphatic rings. The van der Waals surface area contributed by atoms with Gasteiger partial charge in [0.05, 0.1) is 5.69 Å². The van der Waals surface area contributed by atoms with E-state index in [9.17, 15) is 14.3 Å². The summed E-state index contributed by atoms with van der Waals surface area (Å²) in [6.07, 6.45) is 2.37. The number of amides is 1. The van der Waals surface area contributed by atoms with Crippen molar-refractivity contribution < 1.29 is 14.3 Å². The molecule has 116 valence electrons. The van der Waals surface area contributed by atoms with Crippen molar-refractivity contribution in [2.24, 2.45) is 5.92 Å². The van der Waals surface area contributed by atoms with Gasteiger partial charge < -0.3 is 21.1 Å². The fraction of sp³-hybridized carbons (Fsp3) is 0.533. The normalized spacial score (nSPS) is 19.4. The molecule has 1 saturated heterocycles. The fourth-order valence-electron chi connectivity index (χ4n) is 2.61. The van der Waals surface area contributed by atoms with Crippen molar-refractivity contribution in [2.75, 3.05) is 37.3 Å². The first-order valence-corrected chi connectivity index (χ1v) is 7.26. The van der Waals surface area contributed by atoms with Gasteiger partial charge in [0.15, 0.2) is 0 Å². The zero-order valence-corrected chi connectivity index (χ0v) is 12.0. The molecule has 0 aromatic heterocycles. The third-order valence-electron chi connectivity index (χ3n) is 3.78. The highest BCUT2D eigenvalue weighted by Gasteiger charge is 2.19. The predicted octanol–water partition coefficient (Wildman–Crippen LogP) is 1.44. The van der Waals surface area contributed by atoms with E-state index in [-0.39, 0.29) is 18.2 Å². The van der Waals surface area contributed by atoms with E-state index in [4.69, 9.17) is 5.73 Å². The molecule has 1 heterocycles. The number of nitrogens with zero attached hydrogens (tertiary/aromatic N) is 1. The van der Waals surface area contributed by atoms with Crippen molar-refractivity contribution in [3.05, 3.63) is 24.0 Å². The van der Waals surface area contributed by atoms with Crippen LogP contribution in [0.15, 0.2) is 18.2 Å². The van der Waals surface area contributed by atoms with E-state index in [0.717, 1.165) is 25.9 Å². The monoisotopic (exact) mass is 295 g/mol. The topological polar surface area (TPSA) is 78.6 Å². The summed E-state index contributed by atoms with van der Waals surface area (Å²) >= 11 is 0. The maximum absolute atomic E-state index is 13.5. The number of nitrogens with two attached hydrogens (primary N) is 1. The van der Waals surface area contributed by atoms with Crippen LogP contribution in [-0.4, -0.2) is 42.2 Å². The molecule has 0 bridgehead atoms. The molecule has 5 nitrogen and oxygen atoms in total. The fourth-order valence-corrected chi connectivity index (χ4v) is 2.61. The number of carbonyl (C=O) groups excluding carboxylic acids is 1. The average Bonchev–Trinajstić information content (AvgIpc) is 2.49. The van der Waals surface area contributed by atoms with Gasteiger partial charge in [-0.25, -0.2) is 4.39 Å². The van der Waals surface area contributed by atoms with Gasteiger partial charge in [-0.15, -0.1) is 0 Å². The maximum Gasteiger partial charge on any atom is 0.225 e. The molecule has 6 heteroatoms. The van der Waals surface area contributed by atoms with Crippen LogP contribution in [0, 0.1) is 11.7 Å². The molecule has 1 aromatic carbocycles. The average molecular weight is 295 g/mol. The van der Waals surface area contributed by atoms with Gasteiger partial charge in [0.2, 0.25) is 5.91 Å². The van der Waals surface area contributed by atoms with E-state index < -0.39 is 5.82 Å². The first-order valence-electron chi connectivity index (χ1n) is 7.26. The van der Waals surface area contributed by atoms with Crippen LogP contribution < -0.4 is 11.1 Å². The van der Waals surface area contributed by atoms with Gasteiger partial charge in [-0.1, -0.05) is 0 Å². The number of halogens is 1. The Bertz CT molecular complexity index is 496. The third-order valence-corrected chi connectivity index (χ3v) is 3.78. The van der Waals surface area contributed by atoms with E-state index in [1.165, 1.54) is 18.2 Å². The van der Waals surface area contributed by atoms with Gasteiger partial charge in [0.25, 0.3) is 0 Å². The second-order valence-electron chi connectivity index (χ2n) is 5.53. The third kappa shape index (κ3) is 4.68. The van der Waals surface area contributed by atoms with E-state index in [1.807, 2.05) is 0 Å². The van der Waals surface area contributed by atoms with Crippen LogP contribution in [0.25, 0.3) is 0 Å². The SMILES string of the molecule is Nc1ccc(F)c(NC(=O)CCN2CCCC(CO)C2)c1. The van der Waals surface area contributed by atoms with Crippen molar-refractivity contribution in [1.82, 2.24) is 4.90 Å². The summed E-state index contributed by atoms with van der Waals surface area (Å²) in [4.78, 5) is 14.0. The molecule has 1 unspecified atom stereocenters. The lowest BCUT2D eigenvalue weighted by molar-refractivity contribution is -0.116. The van der Waals surface area contributed by atoms with E-state index in [1.54, 1.807) is 0 Å². The predicted molar refractivity (Wildman–Crippen MR) is 80.3 cm³/mol. The largest absolute Gasteiger partial charge is 0.399 e. The molecule has 0 radical (unpaired) electrons. The van der Waals surface area contributed by atoms with Crippen molar-refractivity contribution in [3.63, 3.8) is 0 Å². The Hall–Kier alpha value is -1.66. The van der Waals surface area contributed by atoms with Gasteiger partial charge in [0.1, 0.15) is 5.82 Å². The Morgan fingerprint density at radius 1 is 1.52 bits per heavy atom. The number of carbonyl (C=O) groups is 1. The summed E-state index contributed by atoms with van der Waals surface area (Å²) in [6.45, 7) is 2.57. The highest BCUT2D eigenvalue weighted by molar-refractivity contribution is 5.91. The number of nitrogen functional groups attached to an aromatic ring is 1. The number of aliphatic hydroxyl groups is 1. The van der Waals surface area contributed by atoms with Crippen LogP contribution in [0.5, 0.6) is 0 Å². The molecular weight excluding hydrogens is 273 g/mol. The quantitative estimate of drug-likeness (QED) is 0.718. The Labute approximate surface area is 123 Å². The molecule has 1 amide bonds. The minimum atomic E-state index is -0.490. The van der Waals surface area contributed by atoms with Gasteiger partial charge in [-0.05, 0) is 43.5 Å². The van der Waals surface area contributed by atoms with Gasteiger partial charge in [-0.2, -0.15) is 0 Å². The zero-order chi connectivity index (χ0) is 15.2. The summed E-state index contributed by atoms with van der Waals surface area (Å²) in [5.41, 5.74) is 6.10. The lowest BCUT2D eigenvalue weighted by atomic mass is 9.99. The Kier molecular flexibility index (Phi) is 5.52. The smallest absolute Gasteiger partial charge is 0.225 e. The summed E-state index contributed by atoms with van der Waals surface area (Å²) in [6, 6.07) is 4.10. The molecule has 21 heavy (non-hydrogen) atoms. The van der Waals surface area contributed by atoms with Crippen LogP contribution in [0.3, 0.4) is 0 Å². The molecule has 0 aliphatic carbocycles. The first-order chi connectivity index (χ1) is 10.1. The maximum atomic E-state index is 13.5. The minimum absolute atomic E-state index is 0.117. The van der Waals surface area contributed by atoms with Crippen LogP contribution in [0.4, 0.5) is 15.8 Å². The summed E-state index contributed by atoms with van der Waals surface area (Å²) in [5.74, 6) is -0.422. The van der Waals surface area contributed by atoms with Gasteiger partial charge >= 0.3 is 0 Å². The molecule has 4 N–H and O–H groups in total. The van der Waals surface area contributed by atoms with Crippen molar-refractivity contribution in [1.29, 1.82) is 0 Å². The molecule has 0 saturated carbocycles.